The van der Waals surface area contributed by atoms with Gasteiger partial charge in [0.25, 0.3) is 5.69 Å². The first kappa shape index (κ1) is 14.7. The fourth-order valence-corrected chi connectivity index (χ4v) is 1.52. The van der Waals surface area contributed by atoms with E-state index in [4.69, 9.17) is 5.73 Å². The summed E-state index contributed by atoms with van der Waals surface area (Å²) in [6, 6.07) is 4.50. The summed E-state index contributed by atoms with van der Waals surface area (Å²) < 4.78 is 0. The average Bonchev–Trinajstić information content (AvgIpc) is 2.28. The predicted molar refractivity (Wildman–Crippen MR) is 74.2 cm³/mol. The van der Waals surface area contributed by atoms with Crippen LogP contribution in [0.3, 0.4) is 0 Å². The molecule has 0 aliphatic carbocycles. The molecule has 0 unspecified atom stereocenters. The van der Waals surface area contributed by atoms with E-state index in [1.165, 1.54) is 12.1 Å². The zero-order valence-corrected chi connectivity index (χ0v) is 11.2. The lowest BCUT2D eigenvalue weighted by Gasteiger charge is -2.24. The minimum absolute atomic E-state index is 0.0544. The van der Waals surface area contributed by atoms with Crippen LogP contribution >= 0.6 is 0 Å². The van der Waals surface area contributed by atoms with Crippen LogP contribution in [0.2, 0.25) is 0 Å². The highest BCUT2D eigenvalue weighted by molar-refractivity contribution is 5.87. The molecule has 0 aliphatic rings. The van der Waals surface area contributed by atoms with Gasteiger partial charge in [-0.3, -0.25) is 14.9 Å². The number of hydrogen-bond donors (Lipinski definition) is 3. The minimum Gasteiger partial charge on any atom is -0.385 e. The number of amides is 1. The highest BCUT2D eigenvalue weighted by Crippen LogP contribution is 2.26. The molecule has 0 fully saturated rings. The van der Waals surface area contributed by atoms with Gasteiger partial charge in [0.05, 0.1) is 4.92 Å². The second kappa shape index (κ2) is 5.55. The number of primary amides is 1. The van der Waals surface area contributed by atoms with Crippen molar-refractivity contribution in [1.29, 1.82) is 0 Å². The normalized spacial score (nSPS) is 10.9. The molecule has 0 heterocycles. The van der Waals surface area contributed by atoms with Crippen LogP contribution in [0.25, 0.3) is 0 Å². The van der Waals surface area contributed by atoms with Crippen LogP contribution in [0.15, 0.2) is 18.2 Å². The van der Waals surface area contributed by atoms with Crippen LogP contribution in [0, 0.1) is 10.1 Å². The molecule has 7 nitrogen and oxygen atoms in total. The molecule has 1 aromatic rings. The molecule has 0 aromatic heterocycles. The summed E-state index contributed by atoms with van der Waals surface area (Å²) in [7, 11) is 0. The number of hydrogen-bond acceptors (Lipinski definition) is 5. The molecule has 104 valence electrons. The first-order valence-electron chi connectivity index (χ1n) is 5.87. The number of carbonyl (C=O) groups excluding carboxylic acids is 1. The van der Waals surface area contributed by atoms with Crippen LogP contribution in [0.1, 0.15) is 20.8 Å². The Kier molecular flexibility index (Phi) is 4.31. The molecule has 0 radical (unpaired) electrons. The number of nitrogens with zero attached hydrogens (tertiary/aromatic N) is 1. The van der Waals surface area contributed by atoms with Gasteiger partial charge in [-0.25, -0.2) is 0 Å². The van der Waals surface area contributed by atoms with E-state index < -0.39 is 16.4 Å². The van der Waals surface area contributed by atoms with Gasteiger partial charge in [-0.2, -0.15) is 0 Å². The SMILES string of the molecule is CCNc1cc(NC(C)(C)C(N)=O)cc([N+](=O)[O-])c1. The van der Waals surface area contributed by atoms with E-state index in [1.807, 2.05) is 6.92 Å². The number of non-ortho nitro benzene ring substituents is 1. The Morgan fingerprint density at radius 2 is 1.95 bits per heavy atom. The molecule has 0 aliphatic heterocycles. The number of nitrogens with two attached hydrogens (primary N) is 1. The van der Waals surface area contributed by atoms with Gasteiger partial charge in [0, 0.05) is 30.1 Å². The maximum atomic E-state index is 11.3. The van der Waals surface area contributed by atoms with Crippen molar-refractivity contribution in [2.24, 2.45) is 5.73 Å². The van der Waals surface area contributed by atoms with Crippen molar-refractivity contribution in [2.45, 2.75) is 26.3 Å². The van der Waals surface area contributed by atoms with Gasteiger partial charge in [0.15, 0.2) is 0 Å². The summed E-state index contributed by atoms with van der Waals surface area (Å²) in [4.78, 5) is 21.6. The molecular weight excluding hydrogens is 248 g/mol. The lowest BCUT2D eigenvalue weighted by atomic mass is 10.0. The monoisotopic (exact) mass is 266 g/mol. The van der Waals surface area contributed by atoms with E-state index in [-0.39, 0.29) is 5.69 Å². The van der Waals surface area contributed by atoms with Crippen molar-refractivity contribution >= 4 is 23.0 Å². The minimum atomic E-state index is -0.987. The van der Waals surface area contributed by atoms with E-state index in [1.54, 1.807) is 19.9 Å². The molecule has 1 rings (SSSR count). The van der Waals surface area contributed by atoms with Crippen molar-refractivity contribution in [3.63, 3.8) is 0 Å². The lowest BCUT2D eigenvalue weighted by molar-refractivity contribution is -0.384. The molecule has 0 saturated heterocycles. The Balaban J connectivity index is 3.12. The summed E-state index contributed by atoms with van der Waals surface area (Å²) in [5.74, 6) is -0.538. The van der Waals surface area contributed by atoms with Gasteiger partial charge < -0.3 is 16.4 Å². The second-order valence-corrected chi connectivity index (χ2v) is 4.67. The number of benzene rings is 1. The first-order chi connectivity index (χ1) is 8.76. The smallest absolute Gasteiger partial charge is 0.273 e. The lowest BCUT2D eigenvalue weighted by Crippen LogP contribution is -2.45. The van der Waals surface area contributed by atoms with Crippen LogP contribution in [-0.4, -0.2) is 22.9 Å². The molecule has 0 saturated carbocycles. The zero-order chi connectivity index (χ0) is 14.6. The highest BCUT2D eigenvalue weighted by Gasteiger charge is 2.25. The number of anilines is 2. The first-order valence-corrected chi connectivity index (χ1v) is 5.87. The van der Waals surface area contributed by atoms with Crippen molar-refractivity contribution in [2.75, 3.05) is 17.2 Å². The zero-order valence-electron chi connectivity index (χ0n) is 11.2. The summed E-state index contributed by atoms with van der Waals surface area (Å²) in [5, 5.41) is 16.8. The van der Waals surface area contributed by atoms with Crippen molar-refractivity contribution in [3.8, 4) is 0 Å². The van der Waals surface area contributed by atoms with Gasteiger partial charge in [0.2, 0.25) is 5.91 Å². The largest absolute Gasteiger partial charge is 0.385 e. The standard InChI is InChI=1S/C12H18N4O3/c1-4-14-8-5-9(7-10(6-8)16(18)19)15-12(2,3)11(13)17/h5-7,14-15H,4H2,1-3H3,(H2,13,17). The number of rotatable bonds is 6. The fourth-order valence-electron chi connectivity index (χ4n) is 1.52. The summed E-state index contributed by atoms with van der Waals surface area (Å²) in [5.41, 5.74) is 5.30. The third-order valence-corrected chi connectivity index (χ3v) is 2.58. The third kappa shape index (κ3) is 3.84. The van der Waals surface area contributed by atoms with Gasteiger partial charge in [-0.05, 0) is 26.8 Å². The van der Waals surface area contributed by atoms with Gasteiger partial charge >= 0.3 is 0 Å². The maximum Gasteiger partial charge on any atom is 0.273 e. The molecule has 1 amide bonds. The summed E-state index contributed by atoms with van der Waals surface area (Å²) in [6.45, 7) is 5.75. The molecular formula is C12H18N4O3. The Morgan fingerprint density at radius 1 is 1.37 bits per heavy atom. The van der Waals surface area contributed by atoms with Gasteiger partial charge in [0.1, 0.15) is 5.54 Å². The fraction of sp³-hybridized carbons (Fsp3) is 0.417. The van der Waals surface area contributed by atoms with Crippen LogP contribution < -0.4 is 16.4 Å². The molecule has 0 bridgehead atoms. The quantitative estimate of drug-likeness (QED) is 0.536. The Bertz CT molecular complexity index is 500. The van der Waals surface area contributed by atoms with E-state index in [0.29, 0.717) is 17.9 Å². The van der Waals surface area contributed by atoms with Crippen molar-refractivity contribution < 1.29 is 9.72 Å². The molecule has 7 heteroatoms. The van der Waals surface area contributed by atoms with E-state index >= 15 is 0 Å². The number of nitro groups is 1. The Labute approximate surface area is 111 Å². The van der Waals surface area contributed by atoms with E-state index in [0.717, 1.165) is 0 Å². The highest BCUT2D eigenvalue weighted by atomic mass is 16.6. The molecule has 0 atom stereocenters. The van der Waals surface area contributed by atoms with Gasteiger partial charge in [-0.15, -0.1) is 0 Å². The Hall–Kier alpha value is -2.31. The van der Waals surface area contributed by atoms with E-state index in [2.05, 4.69) is 10.6 Å². The molecule has 0 spiro atoms. The number of nitro benzene ring substituents is 1. The summed E-state index contributed by atoms with van der Waals surface area (Å²) in [6.07, 6.45) is 0. The average molecular weight is 266 g/mol. The van der Waals surface area contributed by atoms with Crippen LogP contribution in [-0.2, 0) is 4.79 Å². The molecule has 1 aromatic carbocycles. The topological polar surface area (TPSA) is 110 Å². The Morgan fingerprint density at radius 3 is 2.42 bits per heavy atom. The number of nitrogens with one attached hydrogen (secondary N) is 2. The summed E-state index contributed by atoms with van der Waals surface area (Å²) >= 11 is 0. The molecule has 19 heavy (non-hydrogen) atoms. The second-order valence-electron chi connectivity index (χ2n) is 4.67. The maximum absolute atomic E-state index is 11.3. The van der Waals surface area contributed by atoms with E-state index in [9.17, 15) is 14.9 Å². The van der Waals surface area contributed by atoms with Gasteiger partial charge in [-0.1, -0.05) is 0 Å². The van der Waals surface area contributed by atoms with Crippen LogP contribution in [0.4, 0.5) is 17.1 Å². The molecule has 4 N–H and O–H groups in total. The van der Waals surface area contributed by atoms with Crippen molar-refractivity contribution in [1.82, 2.24) is 0 Å². The number of carbonyl (C=O) groups is 1. The van der Waals surface area contributed by atoms with Crippen molar-refractivity contribution in [3.05, 3.63) is 28.3 Å². The third-order valence-electron chi connectivity index (χ3n) is 2.58. The van der Waals surface area contributed by atoms with Crippen LogP contribution in [0.5, 0.6) is 0 Å². The predicted octanol–water partition coefficient (Wildman–Crippen LogP) is 1.70.